The highest BCUT2D eigenvalue weighted by atomic mass is 16.1. The van der Waals surface area contributed by atoms with Crippen molar-refractivity contribution >= 4 is 23.1 Å². The molecule has 1 heterocycles. The van der Waals surface area contributed by atoms with E-state index in [2.05, 4.69) is 20.6 Å². The third kappa shape index (κ3) is 4.28. The largest absolute Gasteiger partial charge is 0.340 e. The molecule has 0 radical (unpaired) electrons. The number of benzene rings is 1. The monoisotopic (exact) mass is 310 g/mol. The molecule has 0 atom stereocenters. The van der Waals surface area contributed by atoms with Crippen molar-refractivity contribution in [2.24, 2.45) is 5.92 Å². The molecule has 0 unspecified atom stereocenters. The normalized spacial score (nSPS) is 15.2. The first-order chi connectivity index (χ1) is 11.2. The summed E-state index contributed by atoms with van der Waals surface area (Å²) in [5.41, 5.74) is 2.62. The Hall–Kier alpha value is -2.43. The summed E-state index contributed by atoms with van der Waals surface area (Å²) in [6.07, 6.45) is 7.11. The van der Waals surface area contributed by atoms with Gasteiger partial charge in [0.25, 0.3) is 0 Å². The minimum Gasteiger partial charge on any atom is -0.340 e. The lowest BCUT2D eigenvalue weighted by molar-refractivity contribution is -0.120. The minimum atomic E-state index is 0.139. The number of aryl methyl sites for hydroxylation is 1. The molecule has 120 valence electrons. The third-order valence-electron chi connectivity index (χ3n) is 4.18. The highest BCUT2D eigenvalue weighted by Crippen LogP contribution is 2.26. The number of carbonyl (C=O) groups excluding carboxylic acids is 1. The number of hydrogen-bond acceptors (Lipinski definition) is 4. The van der Waals surface area contributed by atoms with Crippen LogP contribution in [-0.2, 0) is 4.79 Å². The number of nitrogens with zero attached hydrogens (tertiary/aromatic N) is 2. The summed E-state index contributed by atoms with van der Waals surface area (Å²) in [5, 5.41) is 6.27. The Morgan fingerprint density at radius 2 is 1.87 bits per heavy atom. The van der Waals surface area contributed by atoms with E-state index in [1.54, 1.807) is 0 Å². The summed E-state index contributed by atoms with van der Waals surface area (Å²) in [7, 11) is 0. The number of hydrogen-bond donors (Lipinski definition) is 2. The Morgan fingerprint density at radius 1 is 1.09 bits per heavy atom. The van der Waals surface area contributed by atoms with Crippen LogP contribution in [0.1, 0.15) is 37.8 Å². The van der Waals surface area contributed by atoms with Crippen molar-refractivity contribution in [3.05, 3.63) is 42.4 Å². The second-order valence-corrected chi connectivity index (χ2v) is 6.07. The van der Waals surface area contributed by atoms with E-state index in [0.717, 1.165) is 48.6 Å². The maximum absolute atomic E-state index is 12.3. The molecule has 5 heteroatoms. The van der Waals surface area contributed by atoms with Crippen LogP contribution in [0.25, 0.3) is 0 Å². The van der Waals surface area contributed by atoms with Gasteiger partial charge in [0.15, 0.2) is 0 Å². The molecule has 1 amide bonds. The van der Waals surface area contributed by atoms with Gasteiger partial charge in [-0.1, -0.05) is 25.3 Å². The van der Waals surface area contributed by atoms with Crippen LogP contribution >= 0.6 is 0 Å². The zero-order valence-electron chi connectivity index (χ0n) is 13.4. The quantitative estimate of drug-likeness (QED) is 0.894. The van der Waals surface area contributed by atoms with Crippen LogP contribution in [0.5, 0.6) is 0 Å². The molecule has 1 aliphatic rings. The molecule has 0 spiro atoms. The summed E-state index contributed by atoms with van der Waals surface area (Å²) in [6.45, 7) is 1.92. The Kier molecular flexibility index (Phi) is 4.86. The molecule has 1 saturated carbocycles. The van der Waals surface area contributed by atoms with Crippen LogP contribution in [0.4, 0.5) is 17.2 Å². The van der Waals surface area contributed by atoms with Gasteiger partial charge in [0.1, 0.15) is 12.1 Å². The first-order valence-corrected chi connectivity index (χ1v) is 8.17. The van der Waals surface area contributed by atoms with E-state index in [-0.39, 0.29) is 11.8 Å². The van der Waals surface area contributed by atoms with Crippen molar-refractivity contribution in [3.63, 3.8) is 0 Å². The fourth-order valence-electron chi connectivity index (χ4n) is 2.95. The smallest absolute Gasteiger partial charge is 0.227 e. The summed E-state index contributed by atoms with van der Waals surface area (Å²) < 4.78 is 0. The standard InChI is InChI=1S/C18H22N4O/c1-13-10-17(20-12-19-13)21-15-8-5-9-16(11-15)22-18(23)14-6-3-2-4-7-14/h5,8-12,14H,2-4,6-7H2,1H3,(H,22,23)(H,19,20,21). The van der Waals surface area contributed by atoms with Gasteiger partial charge in [-0.2, -0.15) is 0 Å². The summed E-state index contributed by atoms with van der Waals surface area (Å²) in [4.78, 5) is 20.6. The van der Waals surface area contributed by atoms with Crippen molar-refractivity contribution in [2.75, 3.05) is 10.6 Å². The van der Waals surface area contributed by atoms with Crippen molar-refractivity contribution in [3.8, 4) is 0 Å². The average Bonchev–Trinajstić information content (AvgIpc) is 2.56. The van der Waals surface area contributed by atoms with Crippen LogP contribution in [0.15, 0.2) is 36.7 Å². The lowest BCUT2D eigenvalue weighted by atomic mass is 9.88. The number of anilines is 3. The van der Waals surface area contributed by atoms with Crippen LogP contribution < -0.4 is 10.6 Å². The van der Waals surface area contributed by atoms with Crippen molar-refractivity contribution in [1.29, 1.82) is 0 Å². The summed E-state index contributed by atoms with van der Waals surface area (Å²) >= 11 is 0. The lowest BCUT2D eigenvalue weighted by Crippen LogP contribution is -2.24. The van der Waals surface area contributed by atoms with E-state index in [0.29, 0.717) is 0 Å². The van der Waals surface area contributed by atoms with Crippen molar-refractivity contribution < 1.29 is 4.79 Å². The van der Waals surface area contributed by atoms with Gasteiger partial charge in [0, 0.05) is 29.1 Å². The van der Waals surface area contributed by atoms with E-state index < -0.39 is 0 Å². The third-order valence-corrected chi connectivity index (χ3v) is 4.18. The maximum Gasteiger partial charge on any atom is 0.227 e. The zero-order chi connectivity index (χ0) is 16.1. The first kappa shape index (κ1) is 15.5. The molecule has 2 N–H and O–H groups in total. The van der Waals surface area contributed by atoms with E-state index in [1.165, 1.54) is 12.7 Å². The number of aromatic nitrogens is 2. The molecule has 2 aromatic rings. The molecule has 23 heavy (non-hydrogen) atoms. The Bertz CT molecular complexity index is 680. The molecule has 1 aromatic carbocycles. The van der Waals surface area contributed by atoms with Gasteiger partial charge in [0.05, 0.1) is 0 Å². The number of rotatable bonds is 4. The molecule has 1 fully saturated rings. The van der Waals surface area contributed by atoms with Crippen LogP contribution in [0, 0.1) is 12.8 Å². The average molecular weight is 310 g/mol. The predicted octanol–water partition coefficient (Wildman–Crippen LogP) is 4.05. The maximum atomic E-state index is 12.3. The molecule has 0 saturated heterocycles. The lowest BCUT2D eigenvalue weighted by Gasteiger charge is -2.20. The second-order valence-electron chi connectivity index (χ2n) is 6.07. The molecule has 1 aromatic heterocycles. The summed E-state index contributed by atoms with van der Waals surface area (Å²) in [6, 6.07) is 9.60. The van der Waals surface area contributed by atoms with Gasteiger partial charge >= 0.3 is 0 Å². The van der Waals surface area contributed by atoms with Crippen molar-refractivity contribution in [2.45, 2.75) is 39.0 Å². The Morgan fingerprint density at radius 3 is 2.65 bits per heavy atom. The first-order valence-electron chi connectivity index (χ1n) is 8.17. The van der Waals surface area contributed by atoms with Gasteiger partial charge in [-0.05, 0) is 38.0 Å². The predicted molar refractivity (Wildman–Crippen MR) is 91.7 cm³/mol. The molecule has 3 rings (SSSR count). The molecular weight excluding hydrogens is 288 g/mol. The highest BCUT2D eigenvalue weighted by Gasteiger charge is 2.20. The number of nitrogens with one attached hydrogen (secondary N) is 2. The van der Waals surface area contributed by atoms with Crippen LogP contribution in [0.3, 0.4) is 0 Å². The Labute approximate surface area is 136 Å². The van der Waals surface area contributed by atoms with Gasteiger partial charge in [-0.25, -0.2) is 9.97 Å². The second kappa shape index (κ2) is 7.22. The fraction of sp³-hybridized carbons (Fsp3) is 0.389. The topological polar surface area (TPSA) is 66.9 Å². The molecule has 5 nitrogen and oxygen atoms in total. The zero-order valence-corrected chi connectivity index (χ0v) is 13.4. The SMILES string of the molecule is Cc1cc(Nc2cccc(NC(=O)C3CCCCC3)c2)ncn1. The number of carbonyl (C=O) groups is 1. The number of amides is 1. The van der Waals surface area contributed by atoms with Crippen LogP contribution in [-0.4, -0.2) is 15.9 Å². The fourth-order valence-corrected chi connectivity index (χ4v) is 2.95. The van der Waals surface area contributed by atoms with E-state index in [4.69, 9.17) is 0 Å². The van der Waals surface area contributed by atoms with E-state index >= 15 is 0 Å². The molecule has 1 aliphatic carbocycles. The van der Waals surface area contributed by atoms with E-state index in [1.807, 2.05) is 37.3 Å². The van der Waals surface area contributed by atoms with Gasteiger partial charge in [-0.15, -0.1) is 0 Å². The van der Waals surface area contributed by atoms with Gasteiger partial charge < -0.3 is 10.6 Å². The van der Waals surface area contributed by atoms with Crippen LogP contribution in [0.2, 0.25) is 0 Å². The molecule has 0 bridgehead atoms. The molecular formula is C18H22N4O. The van der Waals surface area contributed by atoms with Gasteiger partial charge in [0.2, 0.25) is 5.91 Å². The molecule has 0 aliphatic heterocycles. The Balaban J connectivity index is 1.66. The summed E-state index contributed by atoms with van der Waals surface area (Å²) in [5.74, 6) is 1.04. The highest BCUT2D eigenvalue weighted by molar-refractivity contribution is 5.93. The van der Waals surface area contributed by atoms with Gasteiger partial charge in [-0.3, -0.25) is 4.79 Å². The minimum absolute atomic E-state index is 0.139. The van der Waals surface area contributed by atoms with Crippen molar-refractivity contribution in [1.82, 2.24) is 9.97 Å². The van der Waals surface area contributed by atoms with E-state index in [9.17, 15) is 4.79 Å².